The van der Waals surface area contributed by atoms with E-state index in [1.165, 1.54) is 17.0 Å². The summed E-state index contributed by atoms with van der Waals surface area (Å²) in [5.74, 6) is -0.621. The largest absolute Gasteiger partial charge is 0.354 e. The zero-order valence-corrected chi connectivity index (χ0v) is 25.4. The van der Waals surface area contributed by atoms with Crippen molar-refractivity contribution < 1.29 is 18.0 Å². The molecule has 1 unspecified atom stereocenters. The van der Waals surface area contributed by atoms with Crippen molar-refractivity contribution in [1.82, 2.24) is 10.2 Å². The van der Waals surface area contributed by atoms with Gasteiger partial charge in [-0.2, -0.15) is 0 Å². The molecule has 0 radical (unpaired) electrons. The van der Waals surface area contributed by atoms with E-state index in [1.807, 2.05) is 27.7 Å². The minimum Gasteiger partial charge on any atom is -0.354 e. The molecule has 40 heavy (non-hydrogen) atoms. The van der Waals surface area contributed by atoms with Gasteiger partial charge in [0.2, 0.25) is 11.8 Å². The van der Waals surface area contributed by atoms with Gasteiger partial charge in [-0.15, -0.1) is 0 Å². The van der Waals surface area contributed by atoms with Crippen molar-refractivity contribution in [3.05, 3.63) is 94.0 Å². The molecule has 0 saturated heterocycles. The number of nitrogens with zero attached hydrogens (tertiary/aromatic N) is 2. The molecule has 1 N–H and O–H groups in total. The first-order valence-electron chi connectivity index (χ1n) is 13.1. The number of aryl methyl sites for hydroxylation is 1. The maximum absolute atomic E-state index is 14.1. The van der Waals surface area contributed by atoms with Crippen molar-refractivity contribution in [1.29, 1.82) is 0 Å². The van der Waals surface area contributed by atoms with Crippen LogP contribution in [0, 0.1) is 12.8 Å². The quantitative estimate of drug-likeness (QED) is 0.272. The van der Waals surface area contributed by atoms with E-state index in [1.54, 1.807) is 60.7 Å². The van der Waals surface area contributed by atoms with Crippen LogP contribution in [0.25, 0.3) is 0 Å². The van der Waals surface area contributed by atoms with Gasteiger partial charge in [-0.25, -0.2) is 8.42 Å². The third-order valence-electron chi connectivity index (χ3n) is 6.34. The van der Waals surface area contributed by atoms with Gasteiger partial charge in [-0.3, -0.25) is 13.9 Å². The molecule has 0 aliphatic rings. The van der Waals surface area contributed by atoms with E-state index in [0.29, 0.717) is 34.3 Å². The summed E-state index contributed by atoms with van der Waals surface area (Å²) in [6, 6.07) is 19.0. The molecule has 3 rings (SSSR count). The summed E-state index contributed by atoms with van der Waals surface area (Å²) < 4.78 is 28.7. The van der Waals surface area contributed by atoms with E-state index in [9.17, 15) is 18.0 Å². The number of benzene rings is 3. The number of amides is 2. The monoisotopic (exact) mass is 603 g/mol. The lowest BCUT2D eigenvalue weighted by molar-refractivity contribution is -0.140. The number of hydrogen-bond acceptors (Lipinski definition) is 4. The van der Waals surface area contributed by atoms with Gasteiger partial charge in [-0.1, -0.05) is 85.9 Å². The second kappa shape index (κ2) is 14.0. The van der Waals surface area contributed by atoms with Crippen molar-refractivity contribution in [3.63, 3.8) is 0 Å². The molecule has 3 aromatic carbocycles. The molecule has 0 aliphatic carbocycles. The molecular weight excluding hydrogens is 569 g/mol. The van der Waals surface area contributed by atoms with Crippen LogP contribution in [0.2, 0.25) is 10.0 Å². The minimum absolute atomic E-state index is 0.0381. The Morgan fingerprint density at radius 1 is 0.925 bits per heavy atom. The fourth-order valence-corrected chi connectivity index (χ4v) is 5.89. The van der Waals surface area contributed by atoms with Crippen molar-refractivity contribution in [3.8, 4) is 0 Å². The van der Waals surface area contributed by atoms with Gasteiger partial charge < -0.3 is 10.2 Å². The minimum atomic E-state index is -4.11. The predicted molar refractivity (Wildman–Crippen MR) is 161 cm³/mol. The number of anilines is 1. The van der Waals surface area contributed by atoms with E-state index in [2.05, 4.69) is 5.32 Å². The van der Waals surface area contributed by atoms with Gasteiger partial charge in [0.25, 0.3) is 10.0 Å². The lowest BCUT2D eigenvalue weighted by Gasteiger charge is -2.33. The van der Waals surface area contributed by atoms with Gasteiger partial charge in [-0.05, 0) is 61.2 Å². The molecule has 10 heteroatoms. The molecule has 0 aromatic heterocycles. The summed E-state index contributed by atoms with van der Waals surface area (Å²) in [4.78, 5) is 28.8. The van der Waals surface area contributed by atoms with Crippen LogP contribution < -0.4 is 9.62 Å². The van der Waals surface area contributed by atoms with Crippen LogP contribution in [-0.4, -0.2) is 44.3 Å². The van der Waals surface area contributed by atoms with Gasteiger partial charge in [0.05, 0.1) is 20.6 Å². The second-order valence-electron chi connectivity index (χ2n) is 9.99. The summed E-state index contributed by atoms with van der Waals surface area (Å²) in [6.07, 6.45) is 0.326. The van der Waals surface area contributed by atoms with Gasteiger partial charge >= 0.3 is 0 Å². The van der Waals surface area contributed by atoms with Crippen molar-refractivity contribution in [2.45, 2.75) is 51.6 Å². The second-order valence-corrected chi connectivity index (χ2v) is 12.7. The number of nitrogens with one attached hydrogen (secondary N) is 1. The maximum Gasteiger partial charge on any atom is 0.264 e. The zero-order valence-electron chi connectivity index (χ0n) is 23.1. The Morgan fingerprint density at radius 3 is 2.15 bits per heavy atom. The number of rotatable bonds is 12. The smallest absolute Gasteiger partial charge is 0.264 e. The molecule has 0 heterocycles. The summed E-state index contributed by atoms with van der Waals surface area (Å²) in [7, 11) is -4.11. The Morgan fingerprint density at radius 2 is 1.57 bits per heavy atom. The van der Waals surface area contributed by atoms with Crippen molar-refractivity contribution in [2.24, 2.45) is 5.92 Å². The topological polar surface area (TPSA) is 86.8 Å². The Labute approximate surface area is 247 Å². The van der Waals surface area contributed by atoms with Crippen LogP contribution in [-0.2, 0) is 26.2 Å². The highest BCUT2D eigenvalue weighted by molar-refractivity contribution is 7.92. The first-order valence-corrected chi connectivity index (χ1v) is 15.3. The lowest BCUT2D eigenvalue weighted by atomic mass is 10.1. The number of sulfonamides is 1. The van der Waals surface area contributed by atoms with Crippen LogP contribution in [0.3, 0.4) is 0 Å². The molecule has 1 atom stereocenters. The van der Waals surface area contributed by atoms with Gasteiger partial charge in [0.15, 0.2) is 0 Å². The van der Waals surface area contributed by atoms with Crippen molar-refractivity contribution >= 4 is 50.7 Å². The summed E-state index contributed by atoms with van der Waals surface area (Å²) in [6.45, 7) is 7.65. The van der Waals surface area contributed by atoms with Gasteiger partial charge in [0, 0.05) is 13.1 Å². The molecule has 214 valence electrons. The number of hydrogen-bond donors (Lipinski definition) is 1. The van der Waals surface area contributed by atoms with E-state index >= 15 is 0 Å². The highest BCUT2D eigenvalue weighted by Crippen LogP contribution is 2.27. The first-order chi connectivity index (χ1) is 18.9. The van der Waals surface area contributed by atoms with E-state index in [4.69, 9.17) is 23.2 Å². The molecule has 7 nitrogen and oxygen atoms in total. The number of carbonyl (C=O) groups excluding carboxylic acids is 2. The maximum atomic E-state index is 14.1. The van der Waals surface area contributed by atoms with Crippen LogP contribution in [0.5, 0.6) is 0 Å². The highest BCUT2D eigenvalue weighted by atomic mass is 35.5. The Bertz CT molecular complexity index is 1410. The van der Waals surface area contributed by atoms with Gasteiger partial charge in [0.1, 0.15) is 12.6 Å². The highest BCUT2D eigenvalue weighted by Gasteiger charge is 2.33. The average molecular weight is 605 g/mol. The lowest BCUT2D eigenvalue weighted by Crippen LogP contribution is -2.52. The summed E-state index contributed by atoms with van der Waals surface area (Å²) in [5.41, 5.74) is 1.95. The molecule has 0 spiro atoms. The molecule has 0 fully saturated rings. The predicted octanol–water partition coefficient (Wildman–Crippen LogP) is 6.08. The van der Waals surface area contributed by atoms with E-state index < -0.39 is 28.5 Å². The summed E-state index contributed by atoms with van der Waals surface area (Å²) >= 11 is 12.3. The van der Waals surface area contributed by atoms with Crippen LogP contribution in [0.1, 0.15) is 38.3 Å². The SMILES string of the molecule is CCC(C(=O)NCC(C)C)N(Cc1ccc(Cl)c(Cl)c1)C(=O)CN(c1ccc(C)cc1)S(=O)(=O)c1ccccc1. The zero-order chi connectivity index (χ0) is 29.4. The van der Waals surface area contributed by atoms with E-state index in [-0.39, 0.29) is 23.3 Å². The fraction of sp³-hybridized carbons (Fsp3) is 0.333. The molecule has 0 saturated carbocycles. The Kier molecular flexibility index (Phi) is 11.0. The first kappa shape index (κ1) is 31.5. The Balaban J connectivity index is 2.04. The Hall–Kier alpha value is -3.07. The van der Waals surface area contributed by atoms with Crippen LogP contribution >= 0.6 is 23.2 Å². The van der Waals surface area contributed by atoms with E-state index in [0.717, 1.165) is 9.87 Å². The standard InChI is InChI=1S/C30H35Cl2N3O4S/c1-5-28(30(37)33-18-21(2)3)34(19-23-13-16-26(31)27(32)17-23)29(36)20-35(24-14-11-22(4)12-15-24)40(38,39)25-9-7-6-8-10-25/h6-17,21,28H,5,18-20H2,1-4H3,(H,33,37). The fourth-order valence-electron chi connectivity index (χ4n) is 4.14. The van der Waals surface area contributed by atoms with Crippen molar-refractivity contribution in [2.75, 3.05) is 17.4 Å². The number of carbonyl (C=O) groups is 2. The molecule has 0 bridgehead atoms. The summed E-state index contributed by atoms with van der Waals surface area (Å²) in [5, 5.41) is 3.59. The number of halogens is 2. The molecule has 3 aromatic rings. The third kappa shape index (κ3) is 7.99. The van der Waals surface area contributed by atoms with Crippen LogP contribution in [0.15, 0.2) is 77.7 Å². The normalized spacial score (nSPS) is 12.2. The molecule has 0 aliphatic heterocycles. The molecule has 2 amide bonds. The molecular formula is C30H35Cl2N3O4S. The van der Waals surface area contributed by atoms with Crippen LogP contribution in [0.4, 0.5) is 5.69 Å². The average Bonchev–Trinajstić information content (AvgIpc) is 2.93. The third-order valence-corrected chi connectivity index (χ3v) is 8.87.